The van der Waals surface area contributed by atoms with E-state index in [1.165, 1.54) is 0 Å². The molecule has 1 fully saturated rings. The van der Waals surface area contributed by atoms with Crippen LogP contribution in [0.5, 0.6) is 0 Å². The Morgan fingerprint density at radius 1 is 1.31 bits per heavy atom. The molecule has 0 aromatic carbocycles. The molecule has 0 aliphatic heterocycles. The molecule has 1 aliphatic rings. The minimum atomic E-state index is 0.167. The molecule has 0 saturated heterocycles. The molecule has 0 spiro atoms. The lowest BCUT2D eigenvalue weighted by Gasteiger charge is -2.33. The van der Waals surface area contributed by atoms with E-state index in [2.05, 4.69) is 0 Å². The maximum atomic E-state index is 11.1. The van der Waals surface area contributed by atoms with Crippen LogP contribution in [-0.4, -0.2) is 37.1 Å². The summed E-state index contributed by atoms with van der Waals surface area (Å²) >= 11 is 0. The molecule has 0 aromatic rings. The Kier molecular flexibility index (Phi) is 3.72. The predicted molar refractivity (Wildman–Crippen MR) is 51.5 cm³/mol. The number of amides is 1. The van der Waals surface area contributed by atoms with E-state index >= 15 is 0 Å². The average molecular weight is 185 g/mol. The number of ether oxygens (including phenoxy) is 1. The molecule has 0 atom stereocenters. The van der Waals surface area contributed by atoms with Crippen molar-refractivity contribution < 1.29 is 9.53 Å². The van der Waals surface area contributed by atoms with Gasteiger partial charge in [0.1, 0.15) is 0 Å². The van der Waals surface area contributed by atoms with Crippen LogP contribution in [0.25, 0.3) is 0 Å². The van der Waals surface area contributed by atoms with Crippen LogP contribution in [-0.2, 0) is 9.53 Å². The van der Waals surface area contributed by atoms with E-state index in [1.807, 2.05) is 11.9 Å². The van der Waals surface area contributed by atoms with Crippen molar-refractivity contribution in [3.05, 3.63) is 0 Å². The van der Waals surface area contributed by atoms with Crippen LogP contribution in [0.4, 0.5) is 0 Å². The zero-order valence-electron chi connectivity index (χ0n) is 8.75. The summed E-state index contributed by atoms with van der Waals surface area (Å²) in [6.45, 7) is 1.63. The lowest BCUT2D eigenvalue weighted by Crippen LogP contribution is -2.39. The topological polar surface area (TPSA) is 29.5 Å². The summed E-state index contributed by atoms with van der Waals surface area (Å²) in [5, 5.41) is 0. The number of carbonyl (C=O) groups is 1. The van der Waals surface area contributed by atoms with Gasteiger partial charge in [0.2, 0.25) is 5.91 Å². The third kappa shape index (κ3) is 2.69. The third-order valence-corrected chi connectivity index (χ3v) is 3.02. The van der Waals surface area contributed by atoms with Crippen LogP contribution in [0.2, 0.25) is 0 Å². The van der Waals surface area contributed by atoms with Gasteiger partial charge >= 0.3 is 0 Å². The Bertz CT molecular complexity index is 174. The Balaban J connectivity index is 2.36. The number of carbonyl (C=O) groups excluding carboxylic acids is 1. The molecule has 3 heteroatoms. The molecular weight excluding hydrogens is 166 g/mol. The second-order valence-electron chi connectivity index (χ2n) is 3.80. The first-order valence-electron chi connectivity index (χ1n) is 4.91. The monoisotopic (exact) mass is 185 g/mol. The maximum Gasteiger partial charge on any atom is 0.219 e. The molecule has 0 N–H and O–H groups in total. The van der Waals surface area contributed by atoms with Gasteiger partial charge in [0.25, 0.3) is 0 Å². The van der Waals surface area contributed by atoms with Gasteiger partial charge in [0.15, 0.2) is 0 Å². The first-order valence-corrected chi connectivity index (χ1v) is 4.91. The predicted octanol–water partition coefficient (Wildman–Crippen LogP) is 1.42. The lowest BCUT2D eigenvalue weighted by molar-refractivity contribution is -0.130. The molecule has 0 aromatic heterocycles. The van der Waals surface area contributed by atoms with Crippen LogP contribution < -0.4 is 0 Å². The van der Waals surface area contributed by atoms with Crippen LogP contribution in [0.3, 0.4) is 0 Å². The molecule has 0 unspecified atom stereocenters. The second-order valence-corrected chi connectivity index (χ2v) is 3.80. The highest BCUT2D eigenvalue weighted by Crippen LogP contribution is 2.23. The summed E-state index contributed by atoms with van der Waals surface area (Å²) in [5.74, 6) is 0.167. The van der Waals surface area contributed by atoms with E-state index in [0.717, 1.165) is 25.7 Å². The van der Waals surface area contributed by atoms with E-state index in [9.17, 15) is 4.79 Å². The molecule has 3 nitrogen and oxygen atoms in total. The minimum Gasteiger partial charge on any atom is -0.381 e. The summed E-state index contributed by atoms with van der Waals surface area (Å²) in [7, 11) is 3.65. The highest BCUT2D eigenvalue weighted by molar-refractivity contribution is 5.73. The van der Waals surface area contributed by atoms with Gasteiger partial charge < -0.3 is 9.64 Å². The number of rotatable bonds is 2. The summed E-state index contributed by atoms with van der Waals surface area (Å²) in [6.07, 6.45) is 4.73. The van der Waals surface area contributed by atoms with Gasteiger partial charge in [0, 0.05) is 27.1 Å². The standard InChI is InChI=1S/C10H19NO2/c1-8(12)11(2)9-4-6-10(13-3)7-5-9/h9-10H,4-7H2,1-3H3/t9-,10+. The summed E-state index contributed by atoms with van der Waals surface area (Å²) in [4.78, 5) is 12.9. The SMILES string of the molecule is CO[C@H]1CC[C@@H](N(C)C(C)=O)CC1. The fraction of sp³-hybridized carbons (Fsp3) is 0.900. The molecule has 1 rings (SSSR count). The average Bonchev–Trinajstić information content (AvgIpc) is 2.17. The fourth-order valence-corrected chi connectivity index (χ4v) is 1.93. The Hall–Kier alpha value is -0.570. The van der Waals surface area contributed by atoms with Gasteiger partial charge in [-0.3, -0.25) is 4.79 Å². The van der Waals surface area contributed by atoms with Crippen LogP contribution in [0.1, 0.15) is 32.6 Å². The number of hydrogen-bond donors (Lipinski definition) is 0. The third-order valence-electron chi connectivity index (χ3n) is 3.02. The quantitative estimate of drug-likeness (QED) is 0.651. The van der Waals surface area contributed by atoms with Crippen molar-refractivity contribution in [2.75, 3.05) is 14.2 Å². The minimum absolute atomic E-state index is 0.167. The van der Waals surface area contributed by atoms with E-state index in [1.54, 1.807) is 14.0 Å². The zero-order chi connectivity index (χ0) is 9.84. The summed E-state index contributed by atoms with van der Waals surface area (Å²) in [5.41, 5.74) is 0. The second kappa shape index (κ2) is 4.61. The summed E-state index contributed by atoms with van der Waals surface area (Å²) < 4.78 is 5.28. The largest absolute Gasteiger partial charge is 0.381 e. The smallest absolute Gasteiger partial charge is 0.219 e. The van der Waals surface area contributed by atoms with E-state index < -0.39 is 0 Å². The summed E-state index contributed by atoms with van der Waals surface area (Å²) in [6, 6.07) is 0.434. The normalized spacial score (nSPS) is 28.5. The van der Waals surface area contributed by atoms with Gasteiger partial charge in [-0.25, -0.2) is 0 Å². The molecular formula is C10H19NO2. The molecule has 0 radical (unpaired) electrons. The van der Waals surface area contributed by atoms with Crippen molar-refractivity contribution in [3.8, 4) is 0 Å². The van der Waals surface area contributed by atoms with Crippen molar-refractivity contribution in [2.45, 2.75) is 44.8 Å². The van der Waals surface area contributed by atoms with E-state index in [4.69, 9.17) is 4.74 Å². The van der Waals surface area contributed by atoms with E-state index in [-0.39, 0.29) is 5.91 Å². The van der Waals surface area contributed by atoms with Crippen LogP contribution >= 0.6 is 0 Å². The van der Waals surface area contributed by atoms with Crippen molar-refractivity contribution in [3.63, 3.8) is 0 Å². The highest BCUT2D eigenvalue weighted by atomic mass is 16.5. The van der Waals surface area contributed by atoms with Crippen molar-refractivity contribution in [1.29, 1.82) is 0 Å². The van der Waals surface area contributed by atoms with Gasteiger partial charge in [-0.2, -0.15) is 0 Å². The molecule has 1 aliphatic carbocycles. The molecule has 1 saturated carbocycles. The number of methoxy groups -OCH3 is 1. The van der Waals surface area contributed by atoms with Gasteiger partial charge in [-0.1, -0.05) is 0 Å². The first-order chi connectivity index (χ1) is 6.15. The van der Waals surface area contributed by atoms with Crippen molar-refractivity contribution in [1.82, 2.24) is 4.90 Å². The van der Waals surface area contributed by atoms with E-state index in [0.29, 0.717) is 12.1 Å². The molecule has 76 valence electrons. The fourth-order valence-electron chi connectivity index (χ4n) is 1.93. The Labute approximate surface area is 80.1 Å². The number of hydrogen-bond acceptors (Lipinski definition) is 2. The van der Waals surface area contributed by atoms with Gasteiger partial charge in [-0.15, -0.1) is 0 Å². The maximum absolute atomic E-state index is 11.1. The van der Waals surface area contributed by atoms with Crippen LogP contribution in [0.15, 0.2) is 0 Å². The molecule has 0 bridgehead atoms. The Morgan fingerprint density at radius 2 is 1.85 bits per heavy atom. The first kappa shape index (κ1) is 10.5. The van der Waals surface area contributed by atoms with Crippen molar-refractivity contribution in [2.24, 2.45) is 0 Å². The molecule has 0 heterocycles. The van der Waals surface area contributed by atoms with Gasteiger partial charge in [-0.05, 0) is 25.7 Å². The van der Waals surface area contributed by atoms with Gasteiger partial charge in [0.05, 0.1) is 6.10 Å². The zero-order valence-corrected chi connectivity index (χ0v) is 8.75. The lowest BCUT2D eigenvalue weighted by atomic mass is 9.92. The van der Waals surface area contributed by atoms with Crippen molar-refractivity contribution >= 4 is 5.91 Å². The highest BCUT2D eigenvalue weighted by Gasteiger charge is 2.24. The Morgan fingerprint density at radius 3 is 2.23 bits per heavy atom. The van der Waals surface area contributed by atoms with Crippen LogP contribution in [0, 0.1) is 0 Å². The molecule has 13 heavy (non-hydrogen) atoms. The molecule has 1 amide bonds. The number of nitrogens with zero attached hydrogens (tertiary/aromatic N) is 1.